The van der Waals surface area contributed by atoms with Gasteiger partial charge in [0.1, 0.15) is 11.9 Å². The van der Waals surface area contributed by atoms with Crippen LogP contribution in [0.5, 0.6) is 5.75 Å². The molecule has 1 unspecified atom stereocenters. The van der Waals surface area contributed by atoms with Gasteiger partial charge in [0.05, 0.1) is 18.6 Å². The molecule has 118 valence electrons. The molecule has 6 heteroatoms. The Morgan fingerprint density at radius 1 is 1.09 bits per heavy atom. The van der Waals surface area contributed by atoms with Crippen LogP contribution < -0.4 is 4.74 Å². The smallest absolute Gasteiger partial charge is 0.297 e. The normalized spacial score (nSPS) is 12.9. The molecular formula is C16H18O5S. The highest BCUT2D eigenvalue weighted by molar-refractivity contribution is 7.86. The Morgan fingerprint density at radius 3 is 2.36 bits per heavy atom. The zero-order valence-electron chi connectivity index (χ0n) is 12.4. The summed E-state index contributed by atoms with van der Waals surface area (Å²) in [4.78, 5) is 0.0605. The summed E-state index contributed by atoms with van der Waals surface area (Å²) < 4.78 is 34.2. The van der Waals surface area contributed by atoms with Crippen molar-refractivity contribution in [3.05, 3.63) is 59.7 Å². The molecule has 0 spiro atoms. The van der Waals surface area contributed by atoms with E-state index in [1.165, 1.54) is 19.2 Å². The molecule has 5 nitrogen and oxygen atoms in total. The van der Waals surface area contributed by atoms with Gasteiger partial charge in [-0.1, -0.05) is 35.9 Å². The van der Waals surface area contributed by atoms with E-state index >= 15 is 0 Å². The van der Waals surface area contributed by atoms with Crippen molar-refractivity contribution in [2.75, 3.05) is 13.7 Å². The molecule has 0 aliphatic heterocycles. The minimum atomic E-state index is -3.90. The standard InChI is InChI=1S/C16H18O5S/c1-12-7-9-13(10-8-12)22(18,19)21-11-15(17)14-5-3-4-6-16(14)20-2/h3-10,15,17H,11H2,1-2H3. The number of rotatable bonds is 6. The third-order valence-corrected chi connectivity index (χ3v) is 4.48. The molecule has 22 heavy (non-hydrogen) atoms. The molecule has 0 radical (unpaired) electrons. The molecule has 0 aliphatic rings. The number of para-hydroxylation sites is 1. The van der Waals surface area contributed by atoms with E-state index in [0.29, 0.717) is 11.3 Å². The van der Waals surface area contributed by atoms with Crippen LogP contribution in [0.15, 0.2) is 53.4 Å². The van der Waals surface area contributed by atoms with Gasteiger partial charge in [-0.05, 0) is 25.1 Å². The Balaban J connectivity index is 2.10. The fraction of sp³-hybridized carbons (Fsp3) is 0.250. The summed E-state index contributed by atoms with van der Waals surface area (Å²) in [6.45, 7) is 1.49. The third kappa shape index (κ3) is 3.85. The van der Waals surface area contributed by atoms with Crippen LogP contribution in [0.2, 0.25) is 0 Å². The fourth-order valence-electron chi connectivity index (χ4n) is 1.96. The number of methoxy groups -OCH3 is 1. The van der Waals surface area contributed by atoms with Crippen LogP contribution in [0, 0.1) is 6.92 Å². The van der Waals surface area contributed by atoms with Gasteiger partial charge in [-0.25, -0.2) is 0 Å². The number of aliphatic hydroxyl groups excluding tert-OH is 1. The van der Waals surface area contributed by atoms with Crippen LogP contribution in [0.25, 0.3) is 0 Å². The first-order valence-electron chi connectivity index (χ1n) is 6.71. The average molecular weight is 322 g/mol. The van der Waals surface area contributed by atoms with Crippen LogP contribution in [0.1, 0.15) is 17.2 Å². The van der Waals surface area contributed by atoms with E-state index < -0.39 is 16.2 Å². The summed E-state index contributed by atoms with van der Waals surface area (Å²) in [5.74, 6) is 0.478. The maximum Gasteiger partial charge on any atom is 0.297 e. The maximum absolute atomic E-state index is 12.1. The van der Waals surface area contributed by atoms with E-state index in [2.05, 4.69) is 0 Å². The van der Waals surface area contributed by atoms with Gasteiger partial charge >= 0.3 is 0 Å². The van der Waals surface area contributed by atoms with Crippen LogP contribution in [-0.2, 0) is 14.3 Å². The lowest BCUT2D eigenvalue weighted by atomic mass is 10.1. The number of hydrogen-bond donors (Lipinski definition) is 1. The highest BCUT2D eigenvalue weighted by Crippen LogP contribution is 2.25. The summed E-state index contributed by atoms with van der Waals surface area (Å²) >= 11 is 0. The van der Waals surface area contributed by atoms with Gasteiger partial charge < -0.3 is 9.84 Å². The molecular weight excluding hydrogens is 304 g/mol. The van der Waals surface area contributed by atoms with Crippen molar-refractivity contribution >= 4 is 10.1 Å². The lowest BCUT2D eigenvalue weighted by Gasteiger charge is -2.14. The maximum atomic E-state index is 12.1. The number of hydrogen-bond acceptors (Lipinski definition) is 5. The van der Waals surface area contributed by atoms with Gasteiger partial charge in [0.25, 0.3) is 10.1 Å². The monoisotopic (exact) mass is 322 g/mol. The molecule has 2 rings (SSSR count). The number of ether oxygens (including phenoxy) is 1. The van der Waals surface area contributed by atoms with Crippen molar-refractivity contribution in [3.8, 4) is 5.75 Å². The molecule has 0 aliphatic carbocycles. The molecule has 0 saturated carbocycles. The quantitative estimate of drug-likeness (QED) is 0.827. The second-order valence-corrected chi connectivity index (χ2v) is 6.42. The van der Waals surface area contributed by atoms with Crippen molar-refractivity contribution in [1.29, 1.82) is 0 Å². The van der Waals surface area contributed by atoms with Crippen molar-refractivity contribution in [2.24, 2.45) is 0 Å². The van der Waals surface area contributed by atoms with Crippen molar-refractivity contribution in [2.45, 2.75) is 17.9 Å². The minimum absolute atomic E-state index is 0.0605. The van der Waals surface area contributed by atoms with E-state index in [4.69, 9.17) is 8.92 Å². The van der Waals surface area contributed by atoms with Gasteiger partial charge in [-0.3, -0.25) is 4.18 Å². The second kappa shape index (κ2) is 6.91. The highest BCUT2D eigenvalue weighted by atomic mass is 32.2. The second-order valence-electron chi connectivity index (χ2n) is 4.81. The fourth-order valence-corrected chi connectivity index (χ4v) is 2.87. The van der Waals surface area contributed by atoms with Gasteiger partial charge in [-0.15, -0.1) is 0 Å². The van der Waals surface area contributed by atoms with E-state index in [0.717, 1.165) is 5.56 Å². The molecule has 0 fully saturated rings. The molecule has 1 N–H and O–H groups in total. The van der Waals surface area contributed by atoms with Crippen molar-refractivity contribution in [3.63, 3.8) is 0 Å². The molecule has 1 atom stereocenters. The Kier molecular flexibility index (Phi) is 5.18. The summed E-state index contributed by atoms with van der Waals surface area (Å²) in [5.41, 5.74) is 1.43. The molecule has 0 heterocycles. The Hall–Kier alpha value is -1.89. The van der Waals surface area contributed by atoms with Crippen molar-refractivity contribution < 1.29 is 22.4 Å². The van der Waals surface area contributed by atoms with E-state index in [9.17, 15) is 13.5 Å². The zero-order chi connectivity index (χ0) is 16.2. The first kappa shape index (κ1) is 16.5. The van der Waals surface area contributed by atoms with E-state index in [1.807, 2.05) is 6.92 Å². The van der Waals surface area contributed by atoms with Crippen LogP contribution in [0.4, 0.5) is 0 Å². The predicted molar refractivity (Wildman–Crippen MR) is 82.3 cm³/mol. The molecule has 0 bridgehead atoms. The molecule has 0 saturated heterocycles. The van der Waals surface area contributed by atoms with Crippen LogP contribution >= 0.6 is 0 Å². The Labute approximate surface area is 130 Å². The lowest BCUT2D eigenvalue weighted by molar-refractivity contribution is 0.109. The Morgan fingerprint density at radius 2 is 1.73 bits per heavy atom. The summed E-state index contributed by atoms with van der Waals surface area (Å²) in [7, 11) is -2.42. The van der Waals surface area contributed by atoms with E-state index in [1.54, 1.807) is 36.4 Å². The lowest BCUT2D eigenvalue weighted by Crippen LogP contribution is -2.14. The van der Waals surface area contributed by atoms with Gasteiger partial charge in [-0.2, -0.15) is 8.42 Å². The topological polar surface area (TPSA) is 72.8 Å². The van der Waals surface area contributed by atoms with Crippen LogP contribution in [-0.4, -0.2) is 27.2 Å². The molecule has 2 aromatic rings. The summed E-state index contributed by atoms with van der Waals surface area (Å²) in [5, 5.41) is 10.1. The average Bonchev–Trinajstić information content (AvgIpc) is 2.53. The third-order valence-electron chi connectivity index (χ3n) is 3.19. The molecule has 0 aromatic heterocycles. The first-order chi connectivity index (χ1) is 10.4. The molecule has 0 amide bonds. The number of benzene rings is 2. The first-order valence-corrected chi connectivity index (χ1v) is 8.12. The van der Waals surface area contributed by atoms with Crippen molar-refractivity contribution in [1.82, 2.24) is 0 Å². The zero-order valence-corrected chi connectivity index (χ0v) is 13.2. The largest absolute Gasteiger partial charge is 0.496 e. The van der Waals surface area contributed by atoms with E-state index in [-0.39, 0.29) is 11.5 Å². The number of aryl methyl sites for hydroxylation is 1. The van der Waals surface area contributed by atoms with Crippen LogP contribution in [0.3, 0.4) is 0 Å². The minimum Gasteiger partial charge on any atom is -0.496 e. The molecule has 2 aromatic carbocycles. The predicted octanol–water partition coefficient (Wildman–Crippen LogP) is 2.44. The van der Waals surface area contributed by atoms with Gasteiger partial charge in [0.15, 0.2) is 0 Å². The summed E-state index contributed by atoms with van der Waals surface area (Å²) in [6.07, 6.45) is -1.10. The summed E-state index contributed by atoms with van der Waals surface area (Å²) in [6, 6.07) is 13.2. The number of aliphatic hydroxyl groups is 1. The van der Waals surface area contributed by atoms with Gasteiger partial charge in [0, 0.05) is 5.56 Å². The SMILES string of the molecule is COc1ccccc1C(O)COS(=O)(=O)c1ccc(C)cc1. The van der Waals surface area contributed by atoms with Gasteiger partial charge in [0.2, 0.25) is 0 Å². The Bertz CT molecular complexity index is 722. The highest BCUT2D eigenvalue weighted by Gasteiger charge is 2.19.